The molecule has 0 atom stereocenters. The molecule has 1 N–H and O–H groups in total. The summed E-state index contributed by atoms with van der Waals surface area (Å²) in [7, 11) is -3.73. The largest absolute Gasteiger partial charge is 0.438 e. The molecule has 138 valence electrons. The van der Waals surface area contributed by atoms with Crippen molar-refractivity contribution in [2.24, 2.45) is 0 Å². The molecule has 0 spiro atoms. The first-order valence-electron chi connectivity index (χ1n) is 8.26. The number of amides is 1. The number of hydrogen-bond acceptors (Lipinski definition) is 6. The van der Waals surface area contributed by atoms with Crippen molar-refractivity contribution in [3.8, 4) is 0 Å². The lowest BCUT2D eigenvalue weighted by atomic mass is 10.2. The highest BCUT2D eigenvalue weighted by molar-refractivity contribution is 7.89. The Morgan fingerprint density at radius 3 is 2.46 bits per heavy atom. The second kappa shape index (κ2) is 7.38. The van der Waals surface area contributed by atoms with E-state index in [2.05, 4.69) is 10.3 Å². The predicted octanol–water partition coefficient (Wildman–Crippen LogP) is 2.30. The van der Waals surface area contributed by atoms with E-state index in [4.69, 9.17) is 4.42 Å². The molecule has 1 saturated heterocycles. The smallest absolute Gasteiger partial charge is 0.292 e. The number of rotatable bonds is 5. The third-order valence-electron chi connectivity index (χ3n) is 4.13. The predicted molar refractivity (Wildman–Crippen MR) is 93.5 cm³/mol. The fourth-order valence-electron chi connectivity index (χ4n) is 2.67. The number of carbonyl (C=O) groups is 2. The number of hydrogen-bond donors (Lipinski definition) is 1. The van der Waals surface area contributed by atoms with E-state index in [1.165, 1.54) is 35.6 Å². The van der Waals surface area contributed by atoms with Crippen LogP contribution in [0.15, 0.2) is 40.0 Å². The van der Waals surface area contributed by atoms with Gasteiger partial charge in [-0.25, -0.2) is 13.4 Å². The third-order valence-corrected chi connectivity index (χ3v) is 5.90. The molecule has 0 radical (unpaired) electrons. The summed E-state index contributed by atoms with van der Waals surface area (Å²) >= 11 is 0. The fraction of sp³-hybridized carbons (Fsp3) is 0.353. The number of sulfonamides is 1. The van der Waals surface area contributed by atoms with Crippen LogP contribution in [0.3, 0.4) is 0 Å². The molecule has 26 heavy (non-hydrogen) atoms. The van der Waals surface area contributed by atoms with E-state index >= 15 is 0 Å². The topological polar surface area (TPSA) is 110 Å². The third kappa shape index (κ3) is 3.83. The number of aromatic nitrogens is 1. The van der Waals surface area contributed by atoms with E-state index in [0.717, 1.165) is 19.3 Å². The zero-order valence-electron chi connectivity index (χ0n) is 14.3. The molecule has 3 rings (SSSR count). The quantitative estimate of drug-likeness (QED) is 0.801. The Morgan fingerprint density at radius 2 is 1.85 bits per heavy atom. The van der Waals surface area contributed by atoms with Crippen molar-refractivity contribution in [2.45, 2.75) is 31.3 Å². The molecule has 0 aromatic carbocycles. The standard InChI is InChI=1S/C17H19N3O5S/c1-12(21)13-5-7-15(18-11-13)19-17(22)14-6-8-16(25-14)26(23,24)20-9-3-2-4-10-20/h5-8,11H,2-4,9-10H2,1H3,(H,18,19,22). The molecule has 2 aromatic heterocycles. The number of carbonyl (C=O) groups excluding carboxylic acids is 2. The first kappa shape index (κ1) is 18.3. The van der Waals surface area contributed by atoms with E-state index in [-0.39, 0.29) is 22.5 Å². The Balaban J connectivity index is 1.72. The van der Waals surface area contributed by atoms with Crippen molar-refractivity contribution in [3.63, 3.8) is 0 Å². The number of piperidine rings is 1. The van der Waals surface area contributed by atoms with E-state index in [9.17, 15) is 18.0 Å². The van der Waals surface area contributed by atoms with Gasteiger partial charge in [-0.3, -0.25) is 9.59 Å². The number of ketones is 1. The second-order valence-electron chi connectivity index (χ2n) is 6.03. The lowest BCUT2D eigenvalue weighted by Crippen LogP contribution is -2.35. The molecule has 9 heteroatoms. The van der Waals surface area contributed by atoms with Gasteiger partial charge in [0.05, 0.1) is 0 Å². The van der Waals surface area contributed by atoms with Crippen molar-refractivity contribution >= 4 is 27.5 Å². The Kier molecular flexibility index (Phi) is 5.19. The first-order chi connectivity index (χ1) is 12.4. The molecule has 0 bridgehead atoms. The maximum absolute atomic E-state index is 12.5. The van der Waals surface area contributed by atoms with E-state index < -0.39 is 15.9 Å². The summed E-state index contributed by atoms with van der Waals surface area (Å²) < 4.78 is 31.7. The van der Waals surface area contributed by atoms with Crippen LogP contribution in [0.5, 0.6) is 0 Å². The SMILES string of the molecule is CC(=O)c1ccc(NC(=O)c2ccc(S(=O)(=O)N3CCCCC3)o2)nc1. The van der Waals surface area contributed by atoms with Gasteiger partial charge >= 0.3 is 0 Å². The van der Waals surface area contributed by atoms with Crippen molar-refractivity contribution in [1.82, 2.24) is 9.29 Å². The van der Waals surface area contributed by atoms with Crippen LogP contribution in [0, 0.1) is 0 Å². The molecule has 0 unspecified atom stereocenters. The van der Waals surface area contributed by atoms with Gasteiger partial charge in [-0.1, -0.05) is 6.42 Å². The summed E-state index contributed by atoms with van der Waals surface area (Å²) in [5, 5.41) is 2.26. The second-order valence-corrected chi connectivity index (χ2v) is 7.89. The maximum Gasteiger partial charge on any atom is 0.292 e. The zero-order chi connectivity index (χ0) is 18.7. The van der Waals surface area contributed by atoms with Gasteiger partial charge in [-0.2, -0.15) is 4.31 Å². The Morgan fingerprint density at radius 1 is 1.12 bits per heavy atom. The van der Waals surface area contributed by atoms with Gasteiger partial charge in [0.1, 0.15) is 5.82 Å². The minimum Gasteiger partial charge on any atom is -0.438 e. The molecule has 3 heterocycles. The molecular weight excluding hydrogens is 358 g/mol. The van der Waals surface area contributed by atoms with Crippen LogP contribution >= 0.6 is 0 Å². The monoisotopic (exact) mass is 377 g/mol. The van der Waals surface area contributed by atoms with Gasteiger partial charge in [0.15, 0.2) is 11.5 Å². The molecule has 1 aliphatic heterocycles. The highest BCUT2D eigenvalue weighted by Crippen LogP contribution is 2.22. The van der Waals surface area contributed by atoms with Crippen LogP contribution < -0.4 is 5.32 Å². The van der Waals surface area contributed by atoms with Crippen LogP contribution in [0.25, 0.3) is 0 Å². The van der Waals surface area contributed by atoms with E-state index in [0.29, 0.717) is 18.7 Å². The summed E-state index contributed by atoms with van der Waals surface area (Å²) in [5.41, 5.74) is 0.427. The fourth-order valence-corrected chi connectivity index (χ4v) is 4.10. The average Bonchev–Trinajstić information content (AvgIpc) is 3.14. The highest BCUT2D eigenvalue weighted by atomic mass is 32.2. The van der Waals surface area contributed by atoms with Crippen LogP contribution in [0.2, 0.25) is 0 Å². The Hall–Kier alpha value is -2.52. The van der Waals surface area contributed by atoms with Crippen molar-refractivity contribution < 1.29 is 22.4 Å². The lowest BCUT2D eigenvalue weighted by Gasteiger charge is -2.24. The summed E-state index contributed by atoms with van der Waals surface area (Å²) in [4.78, 5) is 27.4. The van der Waals surface area contributed by atoms with Crippen LogP contribution in [-0.2, 0) is 10.0 Å². The zero-order valence-corrected chi connectivity index (χ0v) is 15.1. The number of nitrogens with zero attached hydrogens (tertiary/aromatic N) is 2. The number of Topliss-reactive ketones (excluding diaryl/α,β-unsaturated/α-hetero) is 1. The minimum absolute atomic E-state index is 0.127. The van der Waals surface area contributed by atoms with Crippen LogP contribution in [0.4, 0.5) is 5.82 Å². The molecule has 0 aliphatic carbocycles. The molecule has 1 fully saturated rings. The normalized spacial score (nSPS) is 15.6. The molecule has 2 aromatic rings. The van der Waals surface area contributed by atoms with E-state index in [1.807, 2.05) is 0 Å². The average molecular weight is 377 g/mol. The molecular formula is C17H19N3O5S. The summed E-state index contributed by atoms with van der Waals surface area (Å²) in [6.45, 7) is 2.33. The van der Waals surface area contributed by atoms with Crippen molar-refractivity contribution in [1.29, 1.82) is 0 Å². The summed E-state index contributed by atoms with van der Waals surface area (Å²) in [6, 6.07) is 5.63. The first-order valence-corrected chi connectivity index (χ1v) is 9.70. The molecule has 0 saturated carbocycles. The maximum atomic E-state index is 12.5. The van der Waals surface area contributed by atoms with Gasteiger partial charge in [0.25, 0.3) is 15.9 Å². The lowest BCUT2D eigenvalue weighted by molar-refractivity contribution is 0.0989. The minimum atomic E-state index is -3.73. The van der Waals surface area contributed by atoms with Gasteiger partial charge in [-0.15, -0.1) is 0 Å². The number of nitrogens with one attached hydrogen (secondary N) is 1. The van der Waals surface area contributed by atoms with Crippen molar-refractivity contribution in [3.05, 3.63) is 41.8 Å². The molecule has 8 nitrogen and oxygen atoms in total. The van der Waals surface area contributed by atoms with Gasteiger partial charge in [0.2, 0.25) is 5.09 Å². The summed E-state index contributed by atoms with van der Waals surface area (Å²) in [6.07, 6.45) is 3.99. The number of pyridine rings is 1. The van der Waals surface area contributed by atoms with Crippen LogP contribution in [-0.4, -0.2) is 42.5 Å². The van der Waals surface area contributed by atoms with Gasteiger partial charge < -0.3 is 9.73 Å². The molecule has 1 amide bonds. The van der Waals surface area contributed by atoms with Gasteiger partial charge in [0, 0.05) is 24.8 Å². The number of furan rings is 1. The van der Waals surface area contributed by atoms with E-state index in [1.54, 1.807) is 6.07 Å². The van der Waals surface area contributed by atoms with Gasteiger partial charge in [-0.05, 0) is 44.0 Å². The Labute approximate surface area is 151 Å². The molecule has 1 aliphatic rings. The summed E-state index contributed by atoms with van der Waals surface area (Å²) in [5.74, 6) is -0.642. The van der Waals surface area contributed by atoms with Crippen molar-refractivity contribution in [2.75, 3.05) is 18.4 Å². The number of anilines is 1. The Bertz CT molecular complexity index is 912. The van der Waals surface area contributed by atoms with Crippen LogP contribution in [0.1, 0.15) is 47.1 Å². The highest BCUT2D eigenvalue weighted by Gasteiger charge is 2.29.